The Morgan fingerprint density at radius 3 is 2.71 bits per heavy atom. The van der Waals surface area contributed by atoms with Crippen LogP contribution in [0.15, 0.2) is 6.07 Å². The lowest BCUT2D eigenvalue weighted by Gasteiger charge is -2.35. The predicted molar refractivity (Wildman–Crippen MR) is 85.2 cm³/mol. The number of hydrogen-bond acceptors (Lipinski definition) is 4. The van der Waals surface area contributed by atoms with E-state index in [0.29, 0.717) is 6.04 Å². The summed E-state index contributed by atoms with van der Waals surface area (Å²) in [5, 5.41) is 4.55. The quantitative estimate of drug-likeness (QED) is 0.803. The zero-order valence-corrected chi connectivity index (χ0v) is 14.2. The Hall–Kier alpha value is -0.880. The number of nitrogens with zero attached hydrogens (tertiary/aromatic N) is 3. The topological polar surface area (TPSA) is 55.2 Å². The lowest BCUT2D eigenvalue weighted by molar-refractivity contribution is 0.129. The summed E-state index contributed by atoms with van der Waals surface area (Å²) in [5.74, 6) is 0.288. The Balaban J connectivity index is 1.94. The fourth-order valence-electron chi connectivity index (χ4n) is 3.15. The highest BCUT2D eigenvalue weighted by Gasteiger charge is 2.23. The molecule has 1 saturated heterocycles. The summed E-state index contributed by atoms with van der Waals surface area (Å²) in [7, 11) is -2.85. The molecule has 6 heteroatoms. The third-order valence-electron chi connectivity index (χ3n) is 4.20. The number of sulfone groups is 1. The van der Waals surface area contributed by atoms with Crippen molar-refractivity contribution in [1.29, 1.82) is 0 Å². The molecule has 1 unspecified atom stereocenters. The van der Waals surface area contributed by atoms with Crippen LogP contribution in [0.3, 0.4) is 0 Å². The van der Waals surface area contributed by atoms with Crippen LogP contribution >= 0.6 is 0 Å². The van der Waals surface area contributed by atoms with Crippen molar-refractivity contribution in [3.05, 3.63) is 17.5 Å². The molecular formula is C15H27N3O2S. The Morgan fingerprint density at radius 2 is 2.10 bits per heavy atom. The second kappa shape index (κ2) is 6.92. The van der Waals surface area contributed by atoms with E-state index in [1.54, 1.807) is 0 Å². The van der Waals surface area contributed by atoms with Gasteiger partial charge >= 0.3 is 0 Å². The van der Waals surface area contributed by atoms with E-state index < -0.39 is 9.84 Å². The summed E-state index contributed by atoms with van der Waals surface area (Å²) in [5.41, 5.74) is 2.26. The zero-order valence-electron chi connectivity index (χ0n) is 13.4. The molecule has 2 rings (SSSR count). The Bertz CT molecular complexity index is 565. The van der Waals surface area contributed by atoms with E-state index in [2.05, 4.69) is 27.7 Å². The van der Waals surface area contributed by atoms with Crippen LogP contribution in [0.5, 0.6) is 0 Å². The lowest BCUT2D eigenvalue weighted by Crippen LogP contribution is -2.43. The first-order chi connectivity index (χ1) is 9.85. The molecule has 0 aromatic carbocycles. The minimum Gasteiger partial charge on any atom is -0.299 e. The number of piperidine rings is 1. The van der Waals surface area contributed by atoms with Gasteiger partial charge in [0.25, 0.3) is 0 Å². The van der Waals surface area contributed by atoms with Crippen LogP contribution in [0.25, 0.3) is 0 Å². The monoisotopic (exact) mass is 313 g/mol. The first kappa shape index (κ1) is 16.5. The standard InChI is InChI=1S/C15H27N3O2S/c1-13-11-14(2)18(16-13)12-15-7-4-5-8-17(15)9-6-10-21(3,19)20/h11,15H,4-10,12H2,1-3H3. The molecular weight excluding hydrogens is 286 g/mol. The van der Waals surface area contributed by atoms with Gasteiger partial charge in [-0.2, -0.15) is 5.10 Å². The first-order valence-electron chi connectivity index (χ1n) is 7.78. The van der Waals surface area contributed by atoms with Crippen LogP contribution in [-0.2, 0) is 16.4 Å². The number of aryl methyl sites for hydroxylation is 2. The number of rotatable bonds is 6. The van der Waals surface area contributed by atoms with Gasteiger partial charge in [-0.05, 0) is 52.3 Å². The molecule has 0 spiro atoms. The van der Waals surface area contributed by atoms with Crippen LogP contribution in [0, 0.1) is 13.8 Å². The van der Waals surface area contributed by atoms with E-state index in [9.17, 15) is 8.42 Å². The zero-order chi connectivity index (χ0) is 15.5. The third kappa shape index (κ3) is 5.11. The van der Waals surface area contributed by atoms with E-state index >= 15 is 0 Å². The van der Waals surface area contributed by atoms with Crippen molar-refractivity contribution < 1.29 is 8.42 Å². The third-order valence-corrected chi connectivity index (χ3v) is 5.23. The number of hydrogen-bond donors (Lipinski definition) is 0. The second-order valence-corrected chi connectivity index (χ2v) is 8.54. The minimum absolute atomic E-state index is 0.288. The maximum Gasteiger partial charge on any atom is 0.147 e. The SMILES string of the molecule is Cc1cc(C)n(CC2CCCCN2CCCS(C)(=O)=O)n1. The van der Waals surface area contributed by atoms with Crippen LogP contribution in [0.1, 0.15) is 37.1 Å². The summed E-state index contributed by atoms with van der Waals surface area (Å²) in [6, 6.07) is 2.59. The molecule has 2 heterocycles. The molecule has 0 N–H and O–H groups in total. The Kier molecular flexibility index (Phi) is 5.43. The molecule has 5 nitrogen and oxygen atoms in total. The molecule has 0 aliphatic carbocycles. The van der Waals surface area contributed by atoms with Gasteiger partial charge in [0.1, 0.15) is 9.84 Å². The van der Waals surface area contributed by atoms with E-state index in [-0.39, 0.29) is 5.75 Å². The summed E-state index contributed by atoms with van der Waals surface area (Å²) in [6.07, 6.45) is 5.69. The Morgan fingerprint density at radius 1 is 1.33 bits per heavy atom. The molecule has 0 bridgehead atoms. The number of likely N-dealkylation sites (tertiary alicyclic amines) is 1. The molecule has 1 aliphatic rings. The highest BCUT2D eigenvalue weighted by Crippen LogP contribution is 2.19. The molecule has 21 heavy (non-hydrogen) atoms. The minimum atomic E-state index is -2.85. The first-order valence-corrected chi connectivity index (χ1v) is 9.84. The average Bonchev–Trinajstić information content (AvgIpc) is 2.68. The lowest BCUT2D eigenvalue weighted by atomic mass is 10.0. The molecule has 1 fully saturated rings. The normalized spacial score (nSPS) is 20.8. The largest absolute Gasteiger partial charge is 0.299 e. The Labute approximate surface area is 128 Å². The highest BCUT2D eigenvalue weighted by atomic mass is 32.2. The predicted octanol–water partition coefficient (Wildman–Crippen LogP) is 1.79. The van der Waals surface area contributed by atoms with Gasteiger partial charge in [-0.15, -0.1) is 0 Å². The van der Waals surface area contributed by atoms with Gasteiger partial charge in [0.2, 0.25) is 0 Å². The summed E-state index contributed by atoms with van der Waals surface area (Å²) >= 11 is 0. The van der Waals surface area contributed by atoms with Crippen molar-refractivity contribution in [3.63, 3.8) is 0 Å². The van der Waals surface area contributed by atoms with Crippen molar-refractivity contribution >= 4 is 9.84 Å². The van der Waals surface area contributed by atoms with Crippen LogP contribution in [0.2, 0.25) is 0 Å². The molecule has 1 aliphatic heterocycles. The van der Waals surface area contributed by atoms with Gasteiger partial charge in [-0.1, -0.05) is 6.42 Å². The molecule has 1 atom stereocenters. The molecule has 1 aromatic rings. The van der Waals surface area contributed by atoms with Crippen LogP contribution in [0.4, 0.5) is 0 Å². The van der Waals surface area contributed by atoms with Gasteiger partial charge in [0.05, 0.1) is 18.0 Å². The fraction of sp³-hybridized carbons (Fsp3) is 0.800. The summed E-state index contributed by atoms with van der Waals surface area (Å²) in [6.45, 7) is 6.98. The molecule has 0 radical (unpaired) electrons. The summed E-state index contributed by atoms with van der Waals surface area (Å²) < 4.78 is 24.6. The van der Waals surface area contributed by atoms with E-state index in [1.165, 1.54) is 31.2 Å². The maximum atomic E-state index is 11.3. The molecule has 120 valence electrons. The number of aromatic nitrogens is 2. The van der Waals surface area contributed by atoms with Crippen molar-refractivity contribution in [2.75, 3.05) is 25.1 Å². The van der Waals surface area contributed by atoms with E-state index in [4.69, 9.17) is 0 Å². The van der Waals surface area contributed by atoms with E-state index in [0.717, 1.165) is 31.7 Å². The van der Waals surface area contributed by atoms with Crippen molar-refractivity contribution in [1.82, 2.24) is 14.7 Å². The summed E-state index contributed by atoms with van der Waals surface area (Å²) in [4.78, 5) is 2.45. The maximum absolute atomic E-state index is 11.3. The van der Waals surface area contributed by atoms with Crippen LogP contribution < -0.4 is 0 Å². The van der Waals surface area contributed by atoms with Crippen molar-refractivity contribution in [2.24, 2.45) is 0 Å². The fourth-order valence-corrected chi connectivity index (χ4v) is 3.80. The van der Waals surface area contributed by atoms with Gasteiger partial charge < -0.3 is 0 Å². The van der Waals surface area contributed by atoms with Gasteiger partial charge in [-0.25, -0.2) is 8.42 Å². The van der Waals surface area contributed by atoms with Gasteiger partial charge in [-0.3, -0.25) is 9.58 Å². The molecule has 0 amide bonds. The van der Waals surface area contributed by atoms with Crippen molar-refractivity contribution in [2.45, 2.75) is 52.1 Å². The molecule has 1 aromatic heterocycles. The van der Waals surface area contributed by atoms with Gasteiger partial charge in [0, 0.05) is 18.0 Å². The van der Waals surface area contributed by atoms with E-state index in [1.807, 2.05) is 6.92 Å². The average molecular weight is 313 g/mol. The smallest absolute Gasteiger partial charge is 0.147 e. The van der Waals surface area contributed by atoms with Crippen LogP contribution in [-0.4, -0.2) is 54.2 Å². The van der Waals surface area contributed by atoms with Crippen molar-refractivity contribution in [3.8, 4) is 0 Å². The molecule has 0 saturated carbocycles. The highest BCUT2D eigenvalue weighted by molar-refractivity contribution is 7.90. The second-order valence-electron chi connectivity index (χ2n) is 6.28. The van der Waals surface area contributed by atoms with Gasteiger partial charge in [0.15, 0.2) is 0 Å².